The van der Waals surface area contributed by atoms with Gasteiger partial charge in [-0.1, -0.05) is 11.6 Å². The van der Waals surface area contributed by atoms with Gasteiger partial charge in [0, 0.05) is 22.5 Å². The Morgan fingerprint density at radius 3 is 2.75 bits per heavy atom. The second kappa shape index (κ2) is 11.6. The van der Waals surface area contributed by atoms with Gasteiger partial charge in [0.1, 0.15) is 0 Å². The minimum absolute atomic E-state index is 0.168. The van der Waals surface area contributed by atoms with Crippen LogP contribution in [0.5, 0.6) is 5.75 Å². The monoisotopic (exact) mass is 623 g/mol. The molecule has 2 aliphatic rings. The third kappa shape index (κ3) is 5.61. The van der Waals surface area contributed by atoms with Crippen LogP contribution in [0.1, 0.15) is 36.2 Å². The van der Waals surface area contributed by atoms with Crippen molar-refractivity contribution < 1.29 is 35.7 Å². The number of fused-ring (bicyclic) bond motifs is 3. The van der Waals surface area contributed by atoms with E-state index in [4.69, 9.17) is 21.1 Å². The summed E-state index contributed by atoms with van der Waals surface area (Å²) in [5, 5.41) is 1.83. The van der Waals surface area contributed by atoms with E-state index in [-0.39, 0.29) is 33.6 Å². The van der Waals surface area contributed by atoms with Crippen molar-refractivity contribution in [1.29, 1.82) is 0 Å². The number of H-pyrrole nitrogens is 1. The topological polar surface area (TPSA) is 61.0 Å². The van der Waals surface area contributed by atoms with E-state index in [0.717, 1.165) is 53.8 Å². The van der Waals surface area contributed by atoms with Crippen LogP contribution in [-0.2, 0) is 11.2 Å². The summed E-state index contributed by atoms with van der Waals surface area (Å²) in [5.74, 6) is 0.853. The fourth-order valence-electron chi connectivity index (χ4n) is 4.97. The maximum absolute atomic E-state index is 12.9. The summed E-state index contributed by atoms with van der Waals surface area (Å²) in [6.07, 6.45) is 1.48. The Balaban J connectivity index is 1.31. The number of aromatic amines is 1. The zero-order chi connectivity index (χ0) is 25.1. The van der Waals surface area contributed by atoms with Gasteiger partial charge in [0.2, 0.25) is 0 Å². The summed E-state index contributed by atoms with van der Waals surface area (Å²) in [7, 11) is 2.23. The molecule has 0 bridgehead atoms. The first-order valence-corrected chi connectivity index (χ1v) is 15.4. The van der Waals surface area contributed by atoms with E-state index in [1.165, 1.54) is 16.7 Å². The van der Waals surface area contributed by atoms with Gasteiger partial charge in [-0.3, -0.25) is 0 Å². The third-order valence-corrected chi connectivity index (χ3v) is 9.98. The van der Waals surface area contributed by atoms with E-state index >= 15 is 0 Å². The van der Waals surface area contributed by atoms with Crippen LogP contribution in [-0.4, -0.2) is 75.0 Å². The second-order valence-corrected chi connectivity index (χ2v) is 12.7. The van der Waals surface area contributed by atoms with E-state index in [1.807, 2.05) is 42.2 Å². The molecule has 1 unspecified atom stereocenters. The molecule has 3 aromatic rings. The fraction of sp³-hybridized carbons (Fsp3) is 0.444. The SMILES string of the molecule is CCOC(=O)N1CCc2c([nH]c3ccc(Cl)cc23)C1c1ccc(OCCCN2CCN(C)[I-]C2)cc1. The van der Waals surface area contributed by atoms with Gasteiger partial charge in [0.15, 0.2) is 0 Å². The van der Waals surface area contributed by atoms with Gasteiger partial charge >= 0.3 is 137 Å². The maximum atomic E-state index is 12.9. The van der Waals surface area contributed by atoms with Gasteiger partial charge in [-0.2, -0.15) is 0 Å². The van der Waals surface area contributed by atoms with Gasteiger partial charge in [0.25, 0.3) is 0 Å². The van der Waals surface area contributed by atoms with E-state index in [1.54, 1.807) is 0 Å². The van der Waals surface area contributed by atoms with Crippen molar-refractivity contribution in [2.24, 2.45) is 0 Å². The molecule has 1 N–H and O–H groups in total. The Morgan fingerprint density at radius 1 is 1.17 bits per heavy atom. The average molecular weight is 624 g/mol. The Hall–Kier alpha value is -2.01. The van der Waals surface area contributed by atoms with Crippen LogP contribution >= 0.6 is 11.6 Å². The van der Waals surface area contributed by atoms with Gasteiger partial charge < -0.3 is 9.72 Å². The van der Waals surface area contributed by atoms with Crippen LogP contribution in [0, 0.1) is 0 Å². The molecule has 9 heteroatoms. The summed E-state index contributed by atoms with van der Waals surface area (Å²) in [6, 6.07) is 13.8. The molecule has 1 atom stereocenters. The molecule has 2 aliphatic heterocycles. The number of likely N-dealkylation sites (N-methyl/N-ethyl adjacent to an activating group) is 1. The predicted octanol–water partition coefficient (Wildman–Crippen LogP) is 1.90. The summed E-state index contributed by atoms with van der Waals surface area (Å²) in [6.45, 7) is 6.91. The quantitative estimate of drug-likeness (QED) is 0.143. The molecule has 0 aliphatic carbocycles. The molecule has 36 heavy (non-hydrogen) atoms. The fourth-order valence-corrected chi connectivity index (χ4v) is 7.34. The number of nitrogens with zero attached hydrogens (tertiary/aromatic N) is 3. The number of alkyl halides is 1. The van der Waals surface area contributed by atoms with Crippen LogP contribution < -0.4 is 26.2 Å². The summed E-state index contributed by atoms with van der Waals surface area (Å²) in [5.41, 5.74) is 4.29. The molecule has 1 amide bonds. The molecule has 0 radical (unpaired) electrons. The minimum atomic E-state index is -0.295. The first-order chi connectivity index (χ1) is 17.5. The van der Waals surface area contributed by atoms with Crippen molar-refractivity contribution in [3.05, 3.63) is 64.3 Å². The number of rotatable bonds is 7. The number of halogens is 2. The number of benzene rings is 2. The number of carbonyl (C=O) groups excluding carboxylic acids is 1. The molecule has 5 rings (SSSR count). The van der Waals surface area contributed by atoms with E-state index in [2.05, 4.69) is 32.2 Å². The summed E-state index contributed by atoms with van der Waals surface area (Å²) in [4.78, 5) is 20.8. The standard InChI is InChI=1S/C27H33ClIN4O3/c1-3-35-27(34)33-13-11-22-23-17-20(28)7-10-24(23)30-25(22)26(33)19-5-8-21(9-6-19)36-16-4-12-32-15-14-31(2)29-18-32/h5-10,17,26,30H,3-4,11-16,18H2,1-2H3/q-1. The van der Waals surface area contributed by atoms with Gasteiger partial charge in [-0.05, 0) is 37.1 Å². The first-order valence-electron chi connectivity index (χ1n) is 12.5. The Morgan fingerprint density at radius 2 is 2.00 bits per heavy atom. The first kappa shape index (κ1) is 25.6. The van der Waals surface area contributed by atoms with Gasteiger partial charge in [0.05, 0.1) is 6.61 Å². The normalized spacial score (nSPS) is 19.1. The van der Waals surface area contributed by atoms with Crippen LogP contribution in [0.4, 0.5) is 4.79 Å². The molecule has 1 fully saturated rings. The number of hydrogen-bond acceptors (Lipinski definition) is 5. The summed E-state index contributed by atoms with van der Waals surface area (Å²) >= 11 is 6.46. The number of hydrogen-bond donors (Lipinski definition) is 1. The van der Waals surface area contributed by atoms with E-state index < -0.39 is 0 Å². The van der Waals surface area contributed by atoms with Crippen LogP contribution in [0.2, 0.25) is 5.02 Å². The summed E-state index contributed by atoms with van der Waals surface area (Å²) < 4.78 is 15.2. The van der Waals surface area contributed by atoms with Crippen molar-refractivity contribution in [3.63, 3.8) is 0 Å². The molecule has 1 saturated heterocycles. The Kier molecular flexibility index (Phi) is 8.25. The molecule has 2 aromatic carbocycles. The Bertz CT molecular complexity index is 1190. The third-order valence-electron chi connectivity index (χ3n) is 6.83. The van der Waals surface area contributed by atoms with E-state index in [9.17, 15) is 4.79 Å². The van der Waals surface area contributed by atoms with Crippen LogP contribution in [0.25, 0.3) is 10.9 Å². The molecule has 1 aromatic heterocycles. The number of aromatic nitrogens is 1. The number of nitrogens with one attached hydrogen (secondary N) is 1. The van der Waals surface area contributed by atoms with Crippen molar-refractivity contribution in [3.8, 4) is 5.75 Å². The molecule has 0 spiro atoms. The Labute approximate surface area is 228 Å². The number of ether oxygens (including phenoxy) is 2. The van der Waals surface area contributed by atoms with Crippen LogP contribution in [0.3, 0.4) is 0 Å². The van der Waals surface area contributed by atoms with E-state index in [0.29, 0.717) is 24.8 Å². The molecule has 3 heterocycles. The predicted molar refractivity (Wildman–Crippen MR) is 138 cm³/mol. The molecular formula is C27H33ClIN4O3-. The van der Waals surface area contributed by atoms with Crippen molar-refractivity contribution >= 4 is 28.6 Å². The van der Waals surface area contributed by atoms with Crippen molar-refractivity contribution in [1.82, 2.24) is 17.9 Å². The average Bonchev–Trinajstić information content (AvgIpc) is 3.25. The number of carbonyl (C=O) groups is 1. The molecule has 7 nitrogen and oxygen atoms in total. The van der Waals surface area contributed by atoms with Crippen molar-refractivity contribution in [2.75, 3.05) is 51.0 Å². The molecular weight excluding hydrogens is 591 g/mol. The molecule has 0 saturated carbocycles. The zero-order valence-corrected chi connectivity index (χ0v) is 23.7. The van der Waals surface area contributed by atoms with Gasteiger partial charge in [-0.25, -0.2) is 4.79 Å². The van der Waals surface area contributed by atoms with Gasteiger partial charge in [-0.15, -0.1) is 0 Å². The van der Waals surface area contributed by atoms with Crippen LogP contribution in [0.15, 0.2) is 42.5 Å². The van der Waals surface area contributed by atoms with Crippen molar-refractivity contribution in [2.45, 2.75) is 25.8 Å². The second-order valence-electron chi connectivity index (χ2n) is 9.21. The molecule has 194 valence electrons. The zero-order valence-electron chi connectivity index (χ0n) is 20.8. The number of amides is 1.